The van der Waals surface area contributed by atoms with Crippen molar-refractivity contribution in [1.82, 2.24) is 15.1 Å². The van der Waals surface area contributed by atoms with Gasteiger partial charge < -0.3 is 10.6 Å². The summed E-state index contributed by atoms with van der Waals surface area (Å²) in [6.07, 6.45) is 0.544. The average molecular weight is 421 g/mol. The number of nitrogens with one attached hydrogen (secondary N) is 2. The largest absolute Gasteiger partial charge is 0.352 e. The van der Waals surface area contributed by atoms with E-state index in [4.69, 9.17) is 0 Å². The van der Waals surface area contributed by atoms with Gasteiger partial charge in [0.1, 0.15) is 17.5 Å². The van der Waals surface area contributed by atoms with E-state index >= 15 is 0 Å². The number of aromatic nitrogens is 2. The third kappa shape index (κ3) is 6.11. The molecule has 6 nitrogen and oxygen atoms in total. The molecule has 0 unspecified atom stereocenters. The maximum Gasteiger partial charge on any atom is 0.254 e. The van der Waals surface area contributed by atoms with Crippen molar-refractivity contribution < 1.29 is 18.4 Å². The lowest BCUT2D eigenvalue weighted by Crippen LogP contribution is -2.28. The van der Waals surface area contributed by atoms with Crippen LogP contribution in [0, 0.1) is 11.6 Å². The molecule has 1 heterocycles. The molecule has 0 saturated heterocycles. The van der Waals surface area contributed by atoms with Crippen LogP contribution in [-0.4, -0.2) is 28.1 Å². The van der Waals surface area contributed by atoms with Crippen LogP contribution in [0.1, 0.15) is 70.4 Å². The molecule has 2 amide bonds. The Morgan fingerprint density at radius 1 is 1.07 bits per heavy atom. The smallest absolute Gasteiger partial charge is 0.254 e. The number of hydrogen-bond acceptors (Lipinski definition) is 3. The summed E-state index contributed by atoms with van der Waals surface area (Å²) < 4.78 is 28.4. The van der Waals surface area contributed by atoms with Crippen LogP contribution in [0.15, 0.2) is 24.3 Å². The van der Waals surface area contributed by atoms with Crippen molar-refractivity contribution in [3.8, 4) is 0 Å². The van der Waals surface area contributed by atoms with Crippen molar-refractivity contribution in [2.45, 2.75) is 65.3 Å². The molecule has 0 aliphatic rings. The van der Waals surface area contributed by atoms with Crippen LogP contribution in [0.25, 0.3) is 0 Å². The Labute approximate surface area is 176 Å². The Hall–Kier alpha value is -2.77. The summed E-state index contributed by atoms with van der Waals surface area (Å²) in [6, 6.07) is 4.65. The number of halogens is 2. The minimum atomic E-state index is -0.921. The summed E-state index contributed by atoms with van der Waals surface area (Å²) in [5.74, 6) is -1.90. The standard InChI is InChI=1S/C22H30F2N4O2/c1-21(2,3)17-13-18(28(27-17)22(4,5)6)26-19(29)8-7-11-25-20(30)15-10-9-14(23)12-16(15)24/h9-10,12-13H,7-8,11H2,1-6H3,(H,25,30)(H,26,29). The molecule has 0 aliphatic carbocycles. The number of hydrogen-bond donors (Lipinski definition) is 2. The monoisotopic (exact) mass is 420 g/mol. The summed E-state index contributed by atoms with van der Waals surface area (Å²) in [6.45, 7) is 12.4. The van der Waals surface area contributed by atoms with Gasteiger partial charge in [-0.05, 0) is 39.3 Å². The van der Waals surface area contributed by atoms with E-state index in [1.807, 2.05) is 26.8 Å². The number of amides is 2. The first-order chi connectivity index (χ1) is 13.8. The molecule has 0 radical (unpaired) electrons. The maximum absolute atomic E-state index is 13.6. The van der Waals surface area contributed by atoms with Gasteiger partial charge in [-0.2, -0.15) is 5.10 Å². The second kappa shape index (κ2) is 8.93. The fourth-order valence-electron chi connectivity index (χ4n) is 2.77. The molecular weight excluding hydrogens is 390 g/mol. The molecule has 2 rings (SSSR count). The van der Waals surface area contributed by atoms with Gasteiger partial charge in [0, 0.05) is 30.5 Å². The number of carbonyl (C=O) groups excluding carboxylic acids is 2. The molecule has 0 fully saturated rings. The van der Waals surface area contributed by atoms with Gasteiger partial charge in [0.25, 0.3) is 5.91 Å². The second-order valence-corrected chi connectivity index (χ2v) is 9.28. The highest BCUT2D eigenvalue weighted by Gasteiger charge is 2.25. The van der Waals surface area contributed by atoms with Crippen LogP contribution in [0.4, 0.5) is 14.6 Å². The SMILES string of the molecule is CC(C)(C)c1cc(NC(=O)CCCNC(=O)c2ccc(F)cc2F)n(C(C)(C)C)n1. The molecule has 30 heavy (non-hydrogen) atoms. The molecule has 0 saturated carbocycles. The first-order valence-electron chi connectivity index (χ1n) is 9.93. The lowest BCUT2D eigenvalue weighted by Gasteiger charge is -2.23. The Morgan fingerprint density at radius 3 is 2.30 bits per heavy atom. The predicted molar refractivity (Wildman–Crippen MR) is 112 cm³/mol. The van der Waals surface area contributed by atoms with Crippen LogP contribution >= 0.6 is 0 Å². The summed E-state index contributed by atoms with van der Waals surface area (Å²) >= 11 is 0. The first-order valence-corrected chi connectivity index (χ1v) is 9.93. The van der Waals surface area contributed by atoms with Crippen LogP contribution in [-0.2, 0) is 15.7 Å². The van der Waals surface area contributed by atoms with E-state index in [9.17, 15) is 18.4 Å². The number of nitrogens with zero attached hydrogens (tertiary/aromatic N) is 2. The van der Waals surface area contributed by atoms with Gasteiger partial charge in [0.15, 0.2) is 0 Å². The molecule has 8 heteroatoms. The minimum Gasteiger partial charge on any atom is -0.352 e. The van der Waals surface area contributed by atoms with Crippen LogP contribution in [0.5, 0.6) is 0 Å². The summed E-state index contributed by atoms with van der Waals surface area (Å²) in [4.78, 5) is 24.4. The molecule has 1 aromatic heterocycles. The molecule has 1 aromatic carbocycles. The number of carbonyl (C=O) groups is 2. The van der Waals surface area contributed by atoms with Gasteiger partial charge in [-0.3, -0.25) is 9.59 Å². The van der Waals surface area contributed by atoms with Gasteiger partial charge in [0.05, 0.1) is 16.8 Å². The van der Waals surface area contributed by atoms with Crippen LogP contribution in [0.3, 0.4) is 0 Å². The quantitative estimate of drug-likeness (QED) is 0.682. The van der Waals surface area contributed by atoms with Crippen molar-refractivity contribution in [1.29, 1.82) is 0 Å². The molecule has 164 valence electrons. The third-order valence-electron chi connectivity index (χ3n) is 4.42. The van der Waals surface area contributed by atoms with E-state index in [0.29, 0.717) is 18.3 Å². The van der Waals surface area contributed by atoms with Crippen molar-refractivity contribution in [3.63, 3.8) is 0 Å². The number of anilines is 1. The van der Waals surface area contributed by atoms with Crippen LogP contribution < -0.4 is 10.6 Å². The van der Waals surface area contributed by atoms with E-state index < -0.39 is 17.5 Å². The molecule has 0 bridgehead atoms. The lowest BCUT2D eigenvalue weighted by atomic mass is 9.92. The van der Waals surface area contributed by atoms with Crippen molar-refractivity contribution in [2.24, 2.45) is 0 Å². The zero-order valence-corrected chi connectivity index (χ0v) is 18.4. The summed E-state index contributed by atoms with van der Waals surface area (Å²) in [7, 11) is 0. The normalized spacial score (nSPS) is 12.0. The Balaban J connectivity index is 1.92. The van der Waals surface area contributed by atoms with E-state index in [1.165, 1.54) is 0 Å². The van der Waals surface area contributed by atoms with Crippen LogP contribution in [0.2, 0.25) is 0 Å². The van der Waals surface area contributed by atoms with E-state index in [2.05, 4.69) is 36.5 Å². The average Bonchev–Trinajstić information content (AvgIpc) is 3.03. The van der Waals surface area contributed by atoms with E-state index in [1.54, 1.807) is 4.68 Å². The highest BCUT2D eigenvalue weighted by molar-refractivity contribution is 5.94. The van der Waals surface area contributed by atoms with Crippen molar-refractivity contribution in [3.05, 3.63) is 47.2 Å². The van der Waals surface area contributed by atoms with Crippen molar-refractivity contribution >= 4 is 17.6 Å². The minimum absolute atomic E-state index is 0.157. The van der Waals surface area contributed by atoms with E-state index in [0.717, 1.165) is 17.8 Å². The molecule has 0 aliphatic heterocycles. The summed E-state index contributed by atoms with van der Waals surface area (Å²) in [5, 5.41) is 10.1. The molecule has 2 N–H and O–H groups in total. The number of rotatable bonds is 6. The lowest BCUT2D eigenvalue weighted by molar-refractivity contribution is -0.116. The molecule has 0 atom stereocenters. The highest BCUT2D eigenvalue weighted by atomic mass is 19.1. The maximum atomic E-state index is 13.6. The highest BCUT2D eigenvalue weighted by Crippen LogP contribution is 2.28. The third-order valence-corrected chi connectivity index (χ3v) is 4.42. The van der Waals surface area contributed by atoms with E-state index in [-0.39, 0.29) is 35.4 Å². The van der Waals surface area contributed by atoms with Gasteiger partial charge in [-0.1, -0.05) is 20.8 Å². The molecule has 0 spiro atoms. The Morgan fingerprint density at radius 2 is 1.73 bits per heavy atom. The second-order valence-electron chi connectivity index (χ2n) is 9.28. The van der Waals surface area contributed by atoms with Gasteiger partial charge >= 0.3 is 0 Å². The van der Waals surface area contributed by atoms with Gasteiger partial charge in [-0.15, -0.1) is 0 Å². The Kier molecular flexibility index (Phi) is 7.00. The predicted octanol–water partition coefficient (Wildman–Crippen LogP) is 4.36. The zero-order valence-electron chi connectivity index (χ0n) is 18.4. The molecule has 2 aromatic rings. The fraction of sp³-hybridized carbons (Fsp3) is 0.500. The van der Waals surface area contributed by atoms with Gasteiger partial charge in [-0.25, -0.2) is 13.5 Å². The number of benzene rings is 1. The first kappa shape index (κ1) is 23.5. The topological polar surface area (TPSA) is 76.0 Å². The van der Waals surface area contributed by atoms with Crippen molar-refractivity contribution in [2.75, 3.05) is 11.9 Å². The summed E-state index contributed by atoms with van der Waals surface area (Å²) in [5.41, 5.74) is 0.181. The molecular formula is C22H30F2N4O2. The Bertz CT molecular complexity index is 924. The zero-order chi connectivity index (χ0) is 22.7. The van der Waals surface area contributed by atoms with Gasteiger partial charge in [0.2, 0.25) is 5.91 Å². The fourth-order valence-corrected chi connectivity index (χ4v) is 2.77.